The Morgan fingerprint density at radius 2 is 1.72 bits per heavy atom. The Kier molecular flexibility index (Phi) is 5.63. The Hall–Kier alpha value is -2.61. The van der Waals surface area contributed by atoms with Gasteiger partial charge in [-0.1, -0.05) is 23.7 Å². The molecule has 0 aliphatic rings. The predicted molar refractivity (Wildman–Crippen MR) is 84.7 cm³/mol. The van der Waals surface area contributed by atoms with Crippen molar-refractivity contribution in [2.24, 2.45) is 0 Å². The molecular weight excluding hydrogens is 359 g/mol. The summed E-state index contributed by atoms with van der Waals surface area (Å²) in [6.45, 7) is 1.28. The third kappa shape index (κ3) is 5.18. The topological polar surface area (TPSA) is 71.1 Å². The van der Waals surface area contributed by atoms with Gasteiger partial charge in [-0.15, -0.1) is 0 Å². The molecule has 0 atom stereocenters. The number of rotatable bonds is 3. The number of alkyl halides is 3. The molecule has 9 heteroatoms. The number of aryl methyl sites for hydroxylation is 1. The van der Waals surface area contributed by atoms with Crippen LogP contribution in [0.4, 0.5) is 13.2 Å². The minimum Gasteiger partial charge on any atom is -0.273 e. The number of aromatic nitrogens is 1. The Morgan fingerprint density at radius 1 is 1.08 bits per heavy atom. The second-order valence-electron chi connectivity index (χ2n) is 5.13. The summed E-state index contributed by atoms with van der Waals surface area (Å²) in [4.78, 5) is 27.1. The van der Waals surface area contributed by atoms with Crippen LogP contribution >= 0.6 is 11.6 Å². The van der Waals surface area contributed by atoms with Gasteiger partial charge in [-0.3, -0.25) is 20.4 Å². The van der Waals surface area contributed by atoms with Crippen molar-refractivity contribution in [2.75, 3.05) is 0 Å². The molecule has 0 aliphatic heterocycles. The van der Waals surface area contributed by atoms with E-state index in [-0.39, 0.29) is 17.7 Å². The van der Waals surface area contributed by atoms with Crippen molar-refractivity contribution in [1.82, 2.24) is 15.8 Å². The summed E-state index contributed by atoms with van der Waals surface area (Å²) in [6.07, 6.45) is -4.59. The number of nitrogens with one attached hydrogen (secondary N) is 2. The summed E-state index contributed by atoms with van der Waals surface area (Å²) < 4.78 is 37.7. The Balaban J connectivity index is 1.95. The highest BCUT2D eigenvalue weighted by Gasteiger charge is 2.33. The fraction of sp³-hybridized carbons (Fsp3) is 0.188. The molecule has 0 aliphatic carbocycles. The first-order valence-electron chi connectivity index (χ1n) is 7.05. The van der Waals surface area contributed by atoms with Gasteiger partial charge in [-0.2, -0.15) is 13.2 Å². The second kappa shape index (κ2) is 7.52. The van der Waals surface area contributed by atoms with Gasteiger partial charge < -0.3 is 0 Å². The number of hydrazine groups is 1. The van der Waals surface area contributed by atoms with E-state index >= 15 is 0 Å². The van der Waals surface area contributed by atoms with Crippen molar-refractivity contribution < 1.29 is 22.8 Å². The molecule has 2 aromatic rings. The number of amides is 2. The maximum absolute atomic E-state index is 12.6. The molecule has 1 aromatic heterocycles. The molecule has 0 spiro atoms. The summed E-state index contributed by atoms with van der Waals surface area (Å²) in [7, 11) is 0. The lowest BCUT2D eigenvalue weighted by molar-refractivity contribution is -0.141. The van der Waals surface area contributed by atoms with Crippen LogP contribution in [0.5, 0.6) is 0 Å². The molecule has 5 nitrogen and oxygen atoms in total. The van der Waals surface area contributed by atoms with Gasteiger partial charge in [0.15, 0.2) is 0 Å². The SMILES string of the molecule is Cc1nc(C(F)(F)F)ccc1C(=O)NNC(=O)Cc1ccc(Cl)cc1. The molecule has 0 radical (unpaired) electrons. The fourth-order valence-corrected chi connectivity index (χ4v) is 2.11. The van der Waals surface area contributed by atoms with E-state index in [2.05, 4.69) is 15.8 Å². The molecule has 1 aromatic carbocycles. The van der Waals surface area contributed by atoms with Crippen LogP contribution < -0.4 is 10.9 Å². The lowest BCUT2D eigenvalue weighted by atomic mass is 10.1. The van der Waals surface area contributed by atoms with E-state index in [1.165, 1.54) is 6.92 Å². The van der Waals surface area contributed by atoms with E-state index in [0.717, 1.165) is 6.07 Å². The average Bonchev–Trinajstić information content (AvgIpc) is 2.54. The smallest absolute Gasteiger partial charge is 0.273 e. The number of pyridine rings is 1. The van der Waals surface area contributed by atoms with Crippen LogP contribution in [0, 0.1) is 6.92 Å². The zero-order chi connectivity index (χ0) is 18.6. The van der Waals surface area contributed by atoms with Gasteiger partial charge in [0.25, 0.3) is 5.91 Å². The number of nitrogens with zero attached hydrogens (tertiary/aromatic N) is 1. The van der Waals surface area contributed by atoms with Crippen LogP contribution in [-0.4, -0.2) is 16.8 Å². The summed E-state index contributed by atoms with van der Waals surface area (Å²) in [5, 5.41) is 0.530. The monoisotopic (exact) mass is 371 g/mol. The van der Waals surface area contributed by atoms with E-state index in [4.69, 9.17) is 11.6 Å². The fourth-order valence-electron chi connectivity index (χ4n) is 1.98. The van der Waals surface area contributed by atoms with Gasteiger partial charge in [-0.05, 0) is 36.8 Å². The quantitative estimate of drug-likeness (QED) is 0.815. The maximum Gasteiger partial charge on any atom is 0.433 e. The number of carbonyl (C=O) groups is 2. The van der Waals surface area contributed by atoms with E-state index in [9.17, 15) is 22.8 Å². The second-order valence-corrected chi connectivity index (χ2v) is 5.57. The van der Waals surface area contributed by atoms with Crippen molar-refractivity contribution >= 4 is 23.4 Å². The van der Waals surface area contributed by atoms with E-state index in [0.29, 0.717) is 16.7 Å². The zero-order valence-corrected chi connectivity index (χ0v) is 13.7. The molecule has 2 N–H and O–H groups in total. The molecule has 25 heavy (non-hydrogen) atoms. The number of hydrogen-bond donors (Lipinski definition) is 2. The Labute approximate surface area is 146 Å². The van der Waals surface area contributed by atoms with Gasteiger partial charge >= 0.3 is 6.18 Å². The first-order chi connectivity index (χ1) is 11.7. The van der Waals surface area contributed by atoms with Gasteiger partial charge in [0.05, 0.1) is 17.7 Å². The van der Waals surface area contributed by atoms with Gasteiger partial charge in [0.2, 0.25) is 5.91 Å². The molecular formula is C16H13ClF3N3O2. The van der Waals surface area contributed by atoms with E-state index in [1.807, 2.05) is 0 Å². The molecule has 2 rings (SSSR count). The van der Waals surface area contributed by atoms with Crippen LogP contribution in [0.15, 0.2) is 36.4 Å². The van der Waals surface area contributed by atoms with Crippen molar-refractivity contribution in [3.05, 3.63) is 63.9 Å². The van der Waals surface area contributed by atoms with Crippen molar-refractivity contribution in [1.29, 1.82) is 0 Å². The molecule has 132 valence electrons. The largest absolute Gasteiger partial charge is 0.433 e. The zero-order valence-electron chi connectivity index (χ0n) is 12.9. The summed E-state index contributed by atoms with van der Waals surface area (Å²) >= 11 is 5.74. The molecule has 1 heterocycles. The van der Waals surface area contributed by atoms with Crippen LogP contribution in [0.25, 0.3) is 0 Å². The standard InChI is InChI=1S/C16H13ClF3N3O2/c1-9-12(6-7-13(21-9)16(18,19)20)15(25)23-22-14(24)8-10-2-4-11(17)5-3-10/h2-7H,8H2,1H3,(H,22,24)(H,23,25). The lowest BCUT2D eigenvalue weighted by Crippen LogP contribution is -2.42. The van der Waals surface area contributed by atoms with Gasteiger partial charge in [-0.25, -0.2) is 4.98 Å². The minimum atomic E-state index is -4.59. The van der Waals surface area contributed by atoms with Crippen LogP contribution in [-0.2, 0) is 17.4 Å². The number of hydrogen-bond acceptors (Lipinski definition) is 3. The van der Waals surface area contributed by atoms with Crippen LogP contribution in [0.1, 0.15) is 27.3 Å². The average molecular weight is 372 g/mol. The Morgan fingerprint density at radius 3 is 2.28 bits per heavy atom. The van der Waals surface area contributed by atoms with Gasteiger partial charge in [0.1, 0.15) is 5.69 Å². The number of halogens is 4. The van der Waals surface area contributed by atoms with Crippen LogP contribution in [0.3, 0.4) is 0 Å². The van der Waals surface area contributed by atoms with Crippen molar-refractivity contribution in [3.63, 3.8) is 0 Å². The molecule has 0 fully saturated rings. The van der Waals surface area contributed by atoms with Crippen molar-refractivity contribution in [2.45, 2.75) is 19.5 Å². The molecule has 0 unspecified atom stereocenters. The third-order valence-corrected chi connectivity index (χ3v) is 3.47. The summed E-state index contributed by atoms with van der Waals surface area (Å²) in [5.74, 6) is -1.25. The highest BCUT2D eigenvalue weighted by molar-refractivity contribution is 6.30. The normalized spacial score (nSPS) is 11.1. The van der Waals surface area contributed by atoms with Gasteiger partial charge in [0, 0.05) is 5.02 Å². The Bertz CT molecular complexity index is 792. The number of benzene rings is 1. The highest BCUT2D eigenvalue weighted by atomic mass is 35.5. The summed E-state index contributed by atoms with van der Waals surface area (Å²) in [6, 6.07) is 8.28. The third-order valence-electron chi connectivity index (χ3n) is 3.21. The first kappa shape index (κ1) is 18.7. The maximum atomic E-state index is 12.6. The van der Waals surface area contributed by atoms with Crippen molar-refractivity contribution in [3.8, 4) is 0 Å². The number of carbonyl (C=O) groups excluding carboxylic acids is 2. The van der Waals surface area contributed by atoms with E-state index < -0.39 is 23.7 Å². The van der Waals surface area contributed by atoms with Crippen LogP contribution in [0.2, 0.25) is 5.02 Å². The predicted octanol–water partition coefficient (Wildman–Crippen LogP) is 3.07. The molecule has 0 saturated carbocycles. The lowest BCUT2D eigenvalue weighted by Gasteiger charge is -2.11. The summed E-state index contributed by atoms with van der Waals surface area (Å²) in [5.41, 5.74) is 3.76. The molecule has 2 amide bonds. The minimum absolute atomic E-state index is 0.00168. The highest BCUT2D eigenvalue weighted by Crippen LogP contribution is 2.28. The van der Waals surface area contributed by atoms with E-state index in [1.54, 1.807) is 24.3 Å². The molecule has 0 saturated heterocycles. The first-order valence-corrected chi connectivity index (χ1v) is 7.43. The molecule has 0 bridgehead atoms.